The monoisotopic (exact) mass is 224 g/mol. The number of hydrogen-bond donors (Lipinski definition) is 3. The molecule has 0 rings (SSSR count). The molecule has 1 unspecified atom stereocenters. The molecule has 84 valence electrons. The van der Waals surface area contributed by atoms with Crippen LogP contribution in [0, 0.1) is 0 Å². The number of rotatable bonds is 7. The maximum Gasteiger partial charge on any atom is 0.320 e. The number of carboxylic acids is 1. The molecule has 0 radical (unpaired) electrons. The van der Waals surface area contributed by atoms with Gasteiger partial charge in [-0.05, 0) is 6.92 Å². The molecule has 1 atom stereocenters. The van der Waals surface area contributed by atoms with Gasteiger partial charge in [0.1, 0.15) is 6.04 Å². The van der Waals surface area contributed by atoms with Gasteiger partial charge in [0.05, 0.1) is 5.75 Å². The molecule has 7 heteroatoms. The van der Waals surface area contributed by atoms with Crippen molar-refractivity contribution in [3.63, 3.8) is 0 Å². The zero-order valence-electron chi connectivity index (χ0n) is 8.28. The van der Waals surface area contributed by atoms with Crippen LogP contribution in [0.15, 0.2) is 0 Å². The Morgan fingerprint density at radius 1 is 1.50 bits per heavy atom. The molecule has 0 bridgehead atoms. The largest absolute Gasteiger partial charge is 0.480 e. The Bertz CT molecular complexity index is 275. The highest BCUT2D eigenvalue weighted by Gasteiger charge is 2.12. The lowest BCUT2D eigenvalue weighted by Crippen LogP contribution is -2.39. The van der Waals surface area contributed by atoms with Crippen molar-refractivity contribution < 1.29 is 18.3 Å². The van der Waals surface area contributed by atoms with Crippen LogP contribution < -0.4 is 10.0 Å². The molecule has 0 saturated heterocycles. The van der Waals surface area contributed by atoms with Crippen LogP contribution in [0.4, 0.5) is 0 Å². The van der Waals surface area contributed by atoms with Gasteiger partial charge in [-0.1, -0.05) is 6.92 Å². The minimum Gasteiger partial charge on any atom is -0.480 e. The minimum atomic E-state index is -3.26. The predicted molar refractivity (Wildman–Crippen MR) is 52.6 cm³/mol. The average Bonchev–Trinajstić information content (AvgIpc) is 2.03. The third-order valence-corrected chi connectivity index (χ3v) is 3.03. The fourth-order valence-corrected chi connectivity index (χ4v) is 1.76. The molecule has 0 aromatic carbocycles. The number of sulfonamides is 1. The summed E-state index contributed by atoms with van der Waals surface area (Å²) in [4.78, 5) is 10.4. The van der Waals surface area contributed by atoms with E-state index in [4.69, 9.17) is 5.11 Å². The van der Waals surface area contributed by atoms with Crippen molar-refractivity contribution in [3.05, 3.63) is 0 Å². The quantitative estimate of drug-likeness (QED) is 0.515. The summed E-state index contributed by atoms with van der Waals surface area (Å²) in [5.41, 5.74) is 0. The average molecular weight is 224 g/mol. The van der Waals surface area contributed by atoms with Crippen LogP contribution in [0.2, 0.25) is 0 Å². The van der Waals surface area contributed by atoms with E-state index in [1.54, 1.807) is 6.92 Å². The summed E-state index contributed by atoms with van der Waals surface area (Å²) in [6, 6.07) is -0.730. The summed E-state index contributed by atoms with van der Waals surface area (Å²) in [6.45, 7) is 3.62. The number of aliphatic carboxylic acids is 1. The molecule has 0 aliphatic heterocycles. The highest BCUT2D eigenvalue weighted by atomic mass is 32.2. The van der Waals surface area contributed by atoms with Gasteiger partial charge in [-0.2, -0.15) is 0 Å². The lowest BCUT2D eigenvalue weighted by Gasteiger charge is -2.09. The second-order valence-corrected chi connectivity index (χ2v) is 4.76. The molecule has 0 aromatic rings. The van der Waals surface area contributed by atoms with Gasteiger partial charge in [0.15, 0.2) is 0 Å². The number of hydrogen-bond acceptors (Lipinski definition) is 4. The summed E-state index contributed by atoms with van der Waals surface area (Å²) in [5, 5.41) is 11.1. The van der Waals surface area contributed by atoms with E-state index in [1.807, 2.05) is 0 Å². The number of nitrogens with one attached hydrogen (secondary N) is 2. The van der Waals surface area contributed by atoms with E-state index in [-0.39, 0.29) is 12.3 Å². The molecule has 6 nitrogen and oxygen atoms in total. The van der Waals surface area contributed by atoms with Gasteiger partial charge < -0.3 is 10.4 Å². The van der Waals surface area contributed by atoms with Crippen molar-refractivity contribution >= 4 is 16.0 Å². The van der Waals surface area contributed by atoms with Gasteiger partial charge in [0.2, 0.25) is 10.0 Å². The van der Waals surface area contributed by atoms with Crippen LogP contribution in [0.5, 0.6) is 0 Å². The molecular weight excluding hydrogens is 208 g/mol. The Labute approximate surface area is 83.7 Å². The smallest absolute Gasteiger partial charge is 0.320 e. The Hall–Kier alpha value is -0.660. The van der Waals surface area contributed by atoms with E-state index in [0.29, 0.717) is 6.54 Å². The molecule has 3 N–H and O–H groups in total. The summed E-state index contributed by atoms with van der Waals surface area (Å²) < 4.78 is 24.5. The van der Waals surface area contributed by atoms with Gasteiger partial charge in [-0.3, -0.25) is 4.79 Å². The maximum atomic E-state index is 11.1. The molecule has 0 amide bonds. The SMILES string of the molecule is CCNS(=O)(=O)CCNC(C)C(=O)O. The standard InChI is InChI=1S/C7H16N2O4S/c1-3-9-14(12,13)5-4-8-6(2)7(10)11/h6,8-9H,3-5H2,1-2H3,(H,10,11). The predicted octanol–water partition coefficient (Wildman–Crippen LogP) is -1.01. The van der Waals surface area contributed by atoms with E-state index in [2.05, 4.69) is 10.0 Å². The number of carbonyl (C=O) groups is 1. The summed E-state index contributed by atoms with van der Waals surface area (Å²) >= 11 is 0. The summed E-state index contributed by atoms with van der Waals surface area (Å²) in [7, 11) is -3.26. The van der Waals surface area contributed by atoms with E-state index in [9.17, 15) is 13.2 Å². The second kappa shape index (κ2) is 5.94. The zero-order valence-corrected chi connectivity index (χ0v) is 9.10. The molecule has 0 aliphatic rings. The number of carboxylic acid groups (broad SMARTS) is 1. The van der Waals surface area contributed by atoms with Crippen LogP contribution in [0.1, 0.15) is 13.8 Å². The Balaban J connectivity index is 3.79. The molecule has 0 aromatic heterocycles. The van der Waals surface area contributed by atoms with Crippen molar-refractivity contribution in [1.82, 2.24) is 10.0 Å². The van der Waals surface area contributed by atoms with E-state index >= 15 is 0 Å². The van der Waals surface area contributed by atoms with Gasteiger partial charge in [-0.15, -0.1) is 0 Å². The lowest BCUT2D eigenvalue weighted by atomic mass is 10.3. The van der Waals surface area contributed by atoms with Crippen LogP contribution in [-0.2, 0) is 14.8 Å². The van der Waals surface area contributed by atoms with E-state index in [1.165, 1.54) is 6.92 Å². The first kappa shape index (κ1) is 13.3. The Morgan fingerprint density at radius 3 is 2.50 bits per heavy atom. The highest BCUT2D eigenvalue weighted by molar-refractivity contribution is 7.89. The fourth-order valence-electron chi connectivity index (χ4n) is 0.789. The first-order chi connectivity index (χ1) is 6.39. The van der Waals surface area contributed by atoms with E-state index in [0.717, 1.165) is 0 Å². The van der Waals surface area contributed by atoms with Crippen LogP contribution in [0.25, 0.3) is 0 Å². The van der Waals surface area contributed by atoms with Gasteiger partial charge in [0.25, 0.3) is 0 Å². The Morgan fingerprint density at radius 2 is 2.07 bits per heavy atom. The molecule has 0 heterocycles. The zero-order chi connectivity index (χ0) is 11.2. The molecule has 0 saturated carbocycles. The molecule has 0 spiro atoms. The topological polar surface area (TPSA) is 95.5 Å². The second-order valence-electron chi connectivity index (χ2n) is 2.83. The van der Waals surface area contributed by atoms with Crippen molar-refractivity contribution in [3.8, 4) is 0 Å². The Kier molecular flexibility index (Phi) is 5.66. The summed E-state index contributed by atoms with van der Waals surface area (Å²) in [5.74, 6) is -1.11. The van der Waals surface area contributed by atoms with Crippen LogP contribution in [0.3, 0.4) is 0 Å². The van der Waals surface area contributed by atoms with E-state index < -0.39 is 22.0 Å². The van der Waals surface area contributed by atoms with Gasteiger partial charge in [0, 0.05) is 13.1 Å². The maximum absolute atomic E-state index is 11.1. The third kappa shape index (κ3) is 5.90. The lowest BCUT2D eigenvalue weighted by molar-refractivity contribution is -0.138. The third-order valence-electron chi connectivity index (χ3n) is 1.56. The summed E-state index contributed by atoms with van der Waals surface area (Å²) in [6.07, 6.45) is 0. The first-order valence-corrected chi connectivity index (χ1v) is 5.98. The van der Waals surface area contributed by atoms with Crippen LogP contribution in [-0.4, -0.2) is 44.4 Å². The van der Waals surface area contributed by atoms with Crippen molar-refractivity contribution in [2.24, 2.45) is 0 Å². The van der Waals surface area contributed by atoms with Crippen molar-refractivity contribution in [1.29, 1.82) is 0 Å². The van der Waals surface area contributed by atoms with Crippen molar-refractivity contribution in [2.75, 3.05) is 18.8 Å². The molecule has 0 fully saturated rings. The van der Waals surface area contributed by atoms with Crippen LogP contribution >= 0.6 is 0 Å². The highest BCUT2D eigenvalue weighted by Crippen LogP contribution is 1.84. The first-order valence-electron chi connectivity index (χ1n) is 4.32. The normalized spacial score (nSPS) is 13.9. The molecule has 0 aliphatic carbocycles. The van der Waals surface area contributed by atoms with Crippen molar-refractivity contribution in [2.45, 2.75) is 19.9 Å². The van der Waals surface area contributed by atoms with Gasteiger partial charge >= 0.3 is 5.97 Å². The fraction of sp³-hybridized carbons (Fsp3) is 0.857. The minimum absolute atomic E-state index is 0.113. The molecular formula is C7H16N2O4S. The van der Waals surface area contributed by atoms with Gasteiger partial charge in [-0.25, -0.2) is 13.1 Å². The molecule has 14 heavy (non-hydrogen) atoms.